The summed E-state index contributed by atoms with van der Waals surface area (Å²) in [5.41, 5.74) is 0.190. The van der Waals surface area contributed by atoms with Gasteiger partial charge in [0, 0.05) is 24.5 Å². The van der Waals surface area contributed by atoms with E-state index in [1.54, 1.807) is 17.6 Å². The molecule has 0 aliphatic heterocycles. The van der Waals surface area contributed by atoms with Gasteiger partial charge in [0.25, 0.3) is 0 Å². The summed E-state index contributed by atoms with van der Waals surface area (Å²) in [7, 11) is 0. The maximum Gasteiger partial charge on any atom is 0.341 e. The van der Waals surface area contributed by atoms with Crippen LogP contribution >= 0.6 is 11.6 Å². The second-order valence-electron chi connectivity index (χ2n) is 4.34. The second kappa shape index (κ2) is 5.46. The Balaban J connectivity index is 2.48. The topological polar surface area (TPSA) is 59.3 Å². The molecule has 0 atom stereocenters. The lowest BCUT2D eigenvalue weighted by molar-refractivity contribution is 0.0694. The van der Waals surface area contributed by atoms with Gasteiger partial charge in [-0.15, -0.1) is 0 Å². The fourth-order valence-electron chi connectivity index (χ4n) is 1.86. The molecule has 0 unspecified atom stereocenters. The van der Waals surface area contributed by atoms with Gasteiger partial charge in [0.1, 0.15) is 11.4 Å². The van der Waals surface area contributed by atoms with Crippen LogP contribution in [-0.4, -0.2) is 15.6 Å². The summed E-state index contributed by atoms with van der Waals surface area (Å²) in [6.45, 7) is 1.85. The van der Waals surface area contributed by atoms with Crippen LogP contribution in [0.3, 0.4) is 0 Å². The monoisotopic (exact) mass is 295 g/mol. The number of hydrogen-bond acceptors (Lipinski definition) is 2. The smallest absolute Gasteiger partial charge is 0.341 e. The first-order chi connectivity index (χ1) is 9.40. The van der Waals surface area contributed by atoms with Gasteiger partial charge in [0.2, 0.25) is 0 Å². The van der Waals surface area contributed by atoms with Gasteiger partial charge in [-0.05, 0) is 18.6 Å². The Kier molecular flexibility index (Phi) is 3.90. The largest absolute Gasteiger partial charge is 0.477 e. The Morgan fingerprint density at radius 3 is 2.80 bits per heavy atom. The zero-order chi connectivity index (χ0) is 14.9. The number of rotatable bonds is 3. The lowest BCUT2D eigenvalue weighted by Crippen LogP contribution is -2.19. The van der Waals surface area contributed by atoms with Crippen LogP contribution in [0.25, 0.3) is 0 Å². The molecule has 0 amide bonds. The minimum atomic E-state index is -1.30. The van der Waals surface area contributed by atoms with Crippen molar-refractivity contribution in [1.82, 2.24) is 4.57 Å². The van der Waals surface area contributed by atoms with Crippen molar-refractivity contribution >= 4 is 17.6 Å². The molecule has 1 N–H and O–H groups in total. The highest BCUT2D eigenvalue weighted by atomic mass is 35.5. The minimum Gasteiger partial charge on any atom is -0.477 e. The van der Waals surface area contributed by atoms with Crippen molar-refractivity contribution in [2.45, 2.75) is 13.5 Å². The van der Waals surface area contributed by atoms with E-state index in [0.717, 1.165) is 0 Å². The number of pyridine rings is 1. The summed E-state index contributed by atoms with van der Waals surface area (Å²) in [6.07, 6.45) is 1.24. The molecule has 1 aromatic carbocycles. The third-order valence-electron chi connectivity index (χ3n) is 2.95. The summed E-state index contributed by atoms with van der Waals surface area (Å²) in [5, 5.41) is 8.93. The van der Waals surface area contributed by atoms with E-state index in [0.29, 0.717) is 11.3 Å². The molecule has 2 aromatic rings. The number of carboxylic acid groups (broad SMARTS) is 1. The Bertz CT molecular complexity index is 740. The van der Waals surface area contributed by atoms with Crippen LogP contribution in [-0.2, 0) is 6.54 Å². The Hall–Kier alpha value is -2.14. The predicted molar refractivity (Wildman–Crippen MR) is 72.9 cm³/mol. The molecule has 0 radical (unpaired) electrons. The Morgan fingerprint density at radius 1 is 1.45 bits per heavy atom. The van der Waals surface area contributed by atoms with E-state index in [1.807, 2.05) is 0 Å². The van der Waals surface area contributed by atoms with Gasteiger partial charge in [0.05, 0.1) is 5.02 Å². The molecule has 4 nitrogen and oxygen atoms in total. The molecular formula is C14H11ClFNO3. The first-order valence-electron chi connectivity index (χ1n) is 5.77. The molecular weight excluding hydrogens is 285 g/mol. The number of halogens is 2. The molecule has 1 heterocycles. The first kappa shape index (κ1) is 14.3. The molecule has 1 aromatic heterocycles. The van der Waals surface area contributed by atoms with Crippen LogP contribution in [0, 0.1) is 12.7 Å². The van der Waals surface area contributed by atoms with Gasteiger partial charge in [-0.25, -0.2) is 9.18 Å². The highest BCUT2D eigenvalue weighted by Crippen LogP contribution is 2.21. The van der Waals surface area contributed by atoms with Crippen molar-refractivity contribution < 1.29 is 14.3 Å². The summed E-state index contributed by atoms with van der Waals surface area (Å²) >= 11 is 5.86. The van der Waals surface area contributed by atoms with E-state index in [1.165, 1.54) is 24.4 Å². The quantitative estimate of drug-likeness (QED) is 0.947. The molecule has 0 saturated heterocycles. The van der Waals surface area contributed by atoms with E-state index in [9.17, 15) is 14.0 Å². The van der Waals surface area contributed by atoms with Gasteiger partial charge >= 0.3 is 5.97 Å². The van der Waals surface area contributed by atoms with Gasteiger partial charge in [-0.2, -0.15) is 0 Å². The fraction of sp³-hybridized carbons (Fsp3) is 0.143. The van der Waals surface area contributed by atoms with Gasteiger partial charge < -0.3 is 9.67 Å². The number of aromatic nitrogens is 1. The highest BCUT2D eigenvalue weighted by molar-refractivity contribution is 6.31. The zero-order valence-electron chi connectivity index (χ0n) is 10.6. The summed E-state index contributed by atoms with van der Waals surface area (Å²) < 4.78 is 14.9. The molecule has 0 aliphatic rings. The molecule has 104 valence electrons. The molecule has 0 aliphatic carbocycles. The number of carboxylic acids is 1. The molecule has 0 spiro atoms. The van der Waals surface area contributed by atoms with Crippen LogP contribution in [0.15, 0.2) is 35.3 Å². The lowest BCUT2D eigenvalue weighted by atomic mass is 10.2. The van der Waals surface area contributed by atoms with Crippen molar-refractivity contribution in [3.8, 4) is 0 Å². The van der Waals surface area contributed by atoms with E-state index in [-0.39, 0.29) is 17.1 Å². The molecule has 2 rings (SSSR count). The maximum absolute atomic E-state index is 13.4. The SMILES string of the molecule is Cc1cc(=O)c(C(=O)O)cn1Cc1cccc(F)c1Cl. The van der Waals surface area contributed by atoms with Crippen LogP contribution in [0.1, 0.15) is 21.6 Å². The van der Waals surface area contributed by atoms with Crippen molar-refractivity contribution in [2.24, 2.45) is 0 Å². The molecule has 0 fully saturated rings. The number of hydrogen-bond donors (Lipinski definition) is 1. The van der Waals surface area contributed by atoms with Crippen LogP contribution in [0.2, 0.25) is 5.02 Å². The average molecular weight is 296 g/mol. The number of aromatic carboxylic acids is 1. The molecule has 0 bridgehead atoms. The second-order valence-corrected chi connectivity index (χ2v) is 4.72. The van der Waals surface area contributed by atoms with Crippen LogP contribution in [0.5, 0.6) is 0 Å². The zero-order valence-corrected chi connectivity index (χ0v) is 11.3. The van der Waals surface area contributed by atoms with Gasteiger partial charge in [0.15, 0.2) is 5.43 Å². The average Bonchev–Trinajstić information content (AvgIpc) is 2.37. The van der Waals surface area contributed by atoms with Crippen LogP contribution in [0.4, 0.5) is 4.39 Å². The van der Waals surface area contributed by atoms with Crippen molar-refractivity contribution in [1.29, 1.82) is 0 Å². The molecule has 6 heteroatoms. The van der Waals surface area contributed by atoms with Crippen molar-refractivity contribution in [3.05, 3.63) is 68.3 Å². The van der Waals surface area contributed by atoms with Gasteiger partial charge in [-0.1, -0.05) is 23.7 Å². The lowest BCUT2D eigenvalue weighted by Gasteiger charge is -2.13. The van der Waals surface area contributed by atoms with E-state index in [2.05, 4.69) is 0 Å². The molecule has 20 heavy (non-hydrogen) atoms. The number of benzene rings is 1. The van der Waals surface area contributed by atoms with Crippen LogP contribution < -0.4 is 5.43 Å². The number of aryl methyl sites for hydroxylation is 1. The van der Waals surface area contributed by atoms with E-state index < -0.39 is 17.2 Å². The van der Waals surface area contributed by atoms with E-state index in [4.69, 9.17) is 16.7 Å². The summed E-state index contributed by atoms with van der Waals surface area (Å²) in [5.74, 6) is -1.84. The van der Waals surface area contributed by atoms with E-state index >= 15 is 0 Å². The minimum absolute atomic E-state index is 0.0116. The number of carbonyl (C=O) groups is 1. The third-order valence-corrected chi connectivity index (χ3v) is 3.37. The first-order valence-corrected chi connectivity index (χ1v) is 6.15. The predicted octanol–water partition coefficient (Wildman–Crippen LogP) is 2.70. The summed E-state index contributed by atoms with van der Waals surface area (Å²) in [4.78, 5) is 22.5. The molecule has 0 saturated carbocycles. The summed E-state index contributed by atoms with van der Waals surface area (Å²) in [6, 6.07) is 5.64. The normalized spacial score (nSPS) is 10.6. The highest BCUT2D eigenvalue weighted by Gasteiger charge is 2.12. The standard InChI is InChI=1S/C14H11ClFNO3/c1-8-5-12(18)10(14(19)20)7-17(8)6-9-3-2-4-11(16)13(9)15/h2-5,7H,6H2,1H3,(H,19,20). The Morgan fingerprint density at radius 2 is 2.15 bits per heavy atom. The Labute approximate surface area is 119 Å². The van der Waals surface area contributed by atoms with Gasteiger partial charge in [-0.3, -0.25) is 4.79 Å². The van der Waals surface area contributed by atoms with Crippen molar-refractivity contribution in [2.75, 3.05) is 0 Å². The third kappa shape index (κ3) is 2.72. The number of nitrogens with zero attached hydrogens (tertiary/aromatic N) is 1. The maximum atomic E-state index is 13.4. The fourth-order valence-corrected chi connectivity index (χ4v) is 2.04. The van der Waals surface area contributed by atoms with Crippen molar-refractivity contribution in [3.63, 3.8) is 0 Å².